The van der Waals surface area contributed by atoms with Crippen molar-refractivity contribution in [2.45, 2.75) is 39.5 Å². The SMILES string of the molecule is CCOC(=O)C1=C(N)OC2=C(C(=O)CC(C)(C)C2)[C@@H]1c1ccc(O)cc1. The summed E-state index contributed by atoms with van der Waals surface area (Å²) in [5.74, 6) is -0.765. The molecule has 0 radical (unpaired) electrons. The van der Waals surface area contributed by atoms with Gasteiger partial charge in [-0.15, -0.1) is 0 Å². The van der Waals surface area contributed by atoms with E-state index in [1.54, 1.807) is 19.1 Å². The van der Waals surface area contributed by atoms with Crippen LogP contribution in [0.2, 0.25) is 0 Å². The maximum absolute atomic E-state index is 12.9. The zero-order valence-electron chi connectivity index (χ0n) is 15.2. The van der Waals surface area contributed by atoms with Gasteiger partial charge in [-0.2, -0.15) is 0 Å². The van der Waals surface area contributed by atoms with Crippen LogP contribution in [0.3, 0.4) is 0 Å². The Morgan fingerprint density at radius 2 is 1.96 bits per heavy atom. The van der Waals surface area contributed by atoms with Crippen molar-refractivity contribution in [3.63, 3.8) is 0 Å². The number of nitrogens with two attached hydrogens (primary N) is 1. The predicted molar refractivity (Wildman–Crippen MR) is 94.8 cm³/mol. The number of esters is 1. The van der Waals surface area contributed by atoms with Crippen LogP contribution in [0.5, 0.6) is 5.75 Å². The Kier molecular flexibility index (Phi) is 4.52. The molecule has 6 heteroatoms. The number of phenolic OH excluding ortho intramolecular Hbond substituents is 1. The summed E-state index contributed by atoms with van der Waals surface area (Å²) in [5.41, 5.74) is 7.09. The Morgan fingerprint density at radius 3 is 2.58 bits per heavy atom. The molecule has 0 unspecified atom stereocenters. The maximum Gasteiger partial charge on any atom is 0.340 e. The van der Waals surface area contributed by atoms with Crippen LogP contribution < -0.4 is 5.73 Å². The lowest BCUT2D eigenvalue weighted by atomic mass is 9.70. The Labute approximate surface area is 152 Å². The van der Waals surface area contributed by atoms with E-state index in [2.05, 4.69) is 0 Å². The third-order valence-corrected chi connectivity index (χ3v) is 4.68. The van der Waals surface area contributed by atoms with Gasteiger partial charge < -0.3 is 20.3 Å². The van der Waals surface area contributed by atoms with Gasteiger partial charge in [0.2, 0.25) is 5.88 Å². The molecule has 0 fully saturated rings. The number of rotatable bonds is 3. The summed E-state index contributed by atoms with van der Waals surface area (Å²) in [5, 5.41) is 9.59. The van der Waals surface area contributed by atoms with Crippen molar-refractivity contribution in [2.24, 2.45) is 11.1 Å². The maximum atomic E-state index is 12.9. The summed E-state index contributed by atoms with van der Waals surface area (Å²) in [6.07, 6.45) is 0.916. The van der Waals surface area contributed by atoms with Crippen LogP contribution in [-0.4, -0.2) is 23.5 Å². The van der Waals surface area contributed by atoms with E-state index in [-0.39, 0.29) is 35.0 Å². The van der Waals surface area contributed by atoms with E-state index in [4.69, 9.17) is 15.2 Å². The van der Waals surface area contributed by atoms with Crippen molar-refractivity contribution in [2.75, 3.05) is 6.61 Å². The fourth-order valence-corrected chi connectivity index (χ4v) is 3.59. The number of hydrogen-bond acceptors (Lipinski definition) is 6. The highest BCUT2D eigenvalue weighted by Gasteiger charge is 2.44. The van der Waals surface area contributed by atoms with Crippen LogP contribution in [0.25, 0.3) is 0 Å². The van der Waals surface area contributed by atoms with Crippen LogP contribution in [0.4, 0.5) is 0 Å². The van der Waals surface area contributed by atoms with Gasteiger partial charge in [0.25, 0.3) is 0 Å². The molecular weight excluding hydrogens is 334 g/mol. The van der Waals surface area contributed by atoms with Crippen molar-refractivity contribution in [3.05, 3.63) is 52.6 Å². The monoisotopic (exact) mass is 357 g/mol. The molecule has 0 amide bonds. The normalized spacial score (nSPS) is 22.0. The van der Waals surface area contributed by atoms with E-state index < -0.39 is 11.9 Å². The number of aromatic hydroxyl groups is 1. The molecule has 2 aliphatic rings. The number of ether oxygens (including phenoxy) is 2. The minimum absolute atomic E-state index is 0.0363. The topological polar surface area (TPSA) is 98.9 Å². The van der Waals surface area contributed by atoms with E-state index in [1.165, 1.54) is 12.1 Å². The third-order valence-electron chi connectivity index (χ3n) is 4.68. The highest BCUT2D eigenvalue weighted by Crippen LogP contribution is 2.48. The molecule has 26 heavy (non-hydrogen) atoms. The molecule has 0 bridgehead atoms. The third kappa shape index (κ3) is 3.19. The number of phenols is 1. The molecule has 3 N–H and O–H groups in total. The molecule has 3 rings (SSSR count). The summed E-state index contributed by atoms with van der Waals surface area (Å²) in [4.78, 5) is 25.5. The van der Waals surface area contributed by atoms with Gasteiger partial charge in [0.15, 0.2) is 5.78 Å². The van der Waals surface area contributed by atoms with Crippen molar-refractivity contribution in [1.82, 2.24) is 0 Å². The van der Waals surface area contributed by atoms with Gasteiger partial charge in [0.05, 0.1) is 12.5 Å². The van der Waals surface area contributed by atoms with Crippen molar-refractivity contribution < 1.29 is 24.2 Å². The second kappa shape index (κ2) is 6.52. The molecule has 138 valence electrons. The van der Waals surface area contributed by atoms with E-state index in [9.17, 15) is 14.7 Å². The first-order valence-corrected chi connectivity index (χ1v) is 8.63. The van der Waals surface area contributed by atoms with Crippen LogP contribution in [0, 0.1) is 5.41 Å². The summed E-state index contributed by atoms with van der Waals surface area (Å²) >= 11 is 0. The van der Waals surface area contributed by atoms with E-state index in [0.717, 1.165) is 0 Å². The molecule has 0 spiro atoms. The van der Waals surface area contributed by atoms with E-state index in [1.807, 2.05) is 13.8 Å². The molecule has 0 saturated carbocycles. The van der Waals surface area contributed by atoms with Crippen molar-refractivity contribution >= 4 is 11.8 Å². The molecule has 1 aromatic carbocycles. The van der Waals surface area contributed by atoms with Gasteiger partial charge in [0, 0.05) is 18.4 Å². The number of carbonyl (C=O) groups excluding carboxylic acids is 2. The quantitative estimate of drug-likeness (QED) is 0.807. The molecule has 0 aromatic heterocycles. The number of allylic oxidation sites excluding steroid dienone is 2. The molecule has 1 aliphatic carbocycles. The average molecular weight is 357 g/mol. The first kappa shape index (κ1) is 18.0. The summed E-state index contributed by atoms with van der Waals surface area (Å²) < 4.78 is 10.9. The lowest BCUT2D eigenvalue weighted by Gasteiger charge is -2.37. The zero-order chi connectivity index (χ0) is 19.1. The number of hydrogen-bond donors (Lipinski definition) is 2. The molecule has 1 aliphatic heterocycles. The first-order chi connectivity index (χ1) is 12.2. The zero-order valence-corrected chi connectivity index (χ0v) is 15.2. The Bertz CT molecular complexity index is 817. The second-order valence-electron chi connectivity index (χ2n) is 7.40. The predicted octanol–water partition coefficient (Wildman–Crippen LogP) is 2.88. The van der Waals surface area contributed by atoms with Gasteiger partial charge >= 0.3 is 5.97 Å². The summed E-state index contributed by atoms with van der Waals surface area (Å²) in [6.45, 7) is 5.88. The van der Waals surface area contributed by atoms with Gasteiger partial charge in [-0.05, 0) is 30.0 Å². The van der Waals surface area contributed by atoms with Crippen molar-refractivity contribution in [3.8, 4) is 5.75 Å². The van der Waals surface area contributed by atoms with E-state index >= 15 is 0 Å². The molecule has 1 atom stereocenters. The fourth-order valence-electron chi connectivity index (χ4n) is 3.59. The smallest absolute Gasteiger partial charge is 0.340 e. The summed E-state index contributed by atoms with van der Waals surface area (Å²) in [6, 6.07) is 6.38. The van der Waals surface area contributed by atoms with Crippen LogP contribution in [0.15, 0.2) is 47.1 Å². The van der Waals surface area contributed by atoms with Gasteiger partial charge in [-0.3, -0.25) is 4.79 Å². The number of ketones is 1. The Hall–Kier alpha value is -2.76. The molecule has 1 aromatic rings. The molecule has 6 nitrogen and oxygen atoms in total. The minimum atomic E-state index is -0.665. The van der Waals surface area contributed by atoms with E-state index in [0.29, 0.717) is 29.7 Å². The van der Waals surface area contributed by atoms with Gasteiger partial charge in [0.1, 0.15) is 17.1 Å². The van der Waals surface area contributed by atoms with Crippen LogP contribution in [0.1, 0.15) is 45.1 Å². The molecule has 1 heterocycles. The van der Waals surface area contributed by atoms with Gasteiger partial charge in [-0.1, -0.05) is 26.0 Å². The lowest BCUT2D eigenvalue weighted by molar-refractivity contribution is -0.139. The number of benzene rings is 1. The number of Topliss-reactive ketones (excluding diaryl/α,β-unsaturated/α-hetero) is 1. The Balaban J connectivity index is 2.17. The lowest BCUT2D eigenvalue weighted by Crippen LogP contribution is -2.35. The second-order valence-corrected chi connectivity index (χ2v) is 7.40. The molecular formula is C20H23NO5. The van der Waals surface area contributed by atoms with Crippen molar-refractivity contribution in [1.29, 1.82) is 0 Å². The highest BCUT2D eigenvalue weighted by molar-refractivity contribution is 6.03. The summed E-state index contributed by atoms with van der Waals surface area (Å²) in [7, 11) is 0. The standard InChI is InChI=1S/C20H23NO5/c1-4-25-19(24)17-15(11-5-7-12(22)8-6-11)16-13(23)9-20(2,3)10-14(16)26-18(17)21/h5-8,15,22H,4,9-10,21H2,1-3H3/t15-/m0/s1. The molecule has 0 saturated heterocycles. The largest absolute Gasteiger partial charge is 0.508 e. The first-order valence-electron chi connectivity index (χ1n) is 8.63. The minimum Gasteiger partial charge on any atom is -0.508 e. The van der Waals surface area contributed by atoms with Crippen LogP contribution >= 0.6 is 0 Å². The fraction of sp³-hybridized carbons (Fsp3) is 0.400. The average Bonchev–Trinajstić information content (AvgIpc) is 2.53. The Morgan fingerprint density at radius 1 is 1.31 bits per heavy atom. The highest BCUT2D eigenvalue weighted by atomic mass is 16.5. The van der Waals surface area contributed by atoms with Crippen LogP contribution in [-0.2, 0) is 19.1 Å². The van der Waals surface area contributed by atoms with Gasteiger partial charge in [-0.25, -0.2) is 4.79 Å². The number of carbonyl (C=O) groups is 2.